The zero-order valence-corrected chi connectivity index (χ0v) is 16.0. The van der Waals surface area contributed by atoms with E-state index in [2.05, 4.69) is 22.4 Å². The van der Waals surface area contributed by atoms with Gasteiger partial charge in [0.2, 0.25) is 4.77 Å². The molecule has 1 heterocycles. The van der Waals surface area contributed by atoms with Crippen LogP contribution in [-0.4, -0.2) is 31.3 Å². The largest absolute Gasteiger partial charge is 1.00 e. The third-order valence-corrected chi connectivity index (χ3v) is 2.70. The summed E-state index contributed by atoms with van der Waals surface area (Å²) in [5, 5.41) is 18.6. The van der Waals surface area contributed by atoms with Crippen LogP contribution in [0.1, 0.15) is 45.1 Å². The van der Waals surface area contributed by atoms with Crippen molar-refractivity contribution in [2.75, 3.05) is 0 Å². The van der Waals surface area contributed by atoms with Crippen LogP contribution in [0.4, 0.5) is 0 Å². The summed E-state index contributed by atoms with van der Waals surface area (Å²) in [5.41, 5.74) is 0. The molecule has 2 N–H and O–H groups in total. The van der Waals surface area contributed by atoms with E-state index in [-0.39, 0.29) is 63.9 Å². The first-order valence-corrected chi connectivity index (χ1v) is 5.80. The number of tetrazole rings is 1. The average Bonchev–Trinajstić information content (AvgIpc) is 2.64. The molecule has 0 aliphatic heterocycles. The number of carbonyl (C=O) groups is 1. The van der Waals surface area contributed by atoms with Crippen LogP contribution in [0.2, 0.25) is 0 Å². The molecular weight excluding hydrogens is 274 g/mol. The van der Waals surface area contributed by atoms with E-state index < -0.39 is 12.0 Å². The van der Waals surface area contributed by atoms with Gasteiger partial charge in [-0.05, 0) is 18.6 Å². The number of H-pyrrole nitrogens is 1. The monoisotopic (exact) mass is 290 g/mol. The number of aliphatic carboxylic acids is 1. The zero-order chi connectivity index (χ0) is 12.0. The first-order chi connectivity index (χ1) is 7.66. The van der Waals surface area contributed by atoms with Crippen LogP contribution in [0.5, 0.6) is 0 Å². The Hall–Kier alpha value is 0.760. The van der Waals surface area contributed by atoms with Gasteiger partial charge >= 0.3 is 65.1 Å². The van der Waals surface area contributed by atoms with Crippen molar-refractivity contribution in [1.82, 2.24) is 20.2 Å². The maximum Gasteiger partial charge on any atom is 1.00 e. The first kappa shape index (κ1) is 21.1. The number of hydrogen-bond donors (Lipinski definition) is 2. The Labute approximate surface area is 155 Å². The van der Waals surface area contributed by atoms with Gasteiger partial charge in [0.05, 0.1) is 0 Å². The summed E-state index contributed by atoms with van der Waals surface area (Å²) in [6.45, 7) is 2.11. The number of nitrogens with zero attached hydrogens (tertiary/aromatic N) is 3. The number of carboxylic acid groups (broad SMARTS) is 1. The molecule has 1 unspecified atom stereocenters. The topological polar surface area (TPSA) is 83.8 Å². The third kappa shape index (κ3) is 6.79. The minimum absolute atomic E-state index is 0. The van der Waals surface area contributed by atoms with Gasteiger partial charge in [-0.2, -0.15) is 5.21 Å². The predicted octanol–water partition coefficient (Wildman–Crippen LogP) is -4.06. The second-order valence-corrected chi connectivity index (χ2v) is 4.02. The molecule has 0 saturated heterocycles. The summed E-state index contributed by atoms with van der Waals surface area (Å²) in [6, 6.07) is -0.681. The number of carboxylic acids is 1. The molecule has 1 aromatic rings. The molecule has 90 valence electrons. The van der Waals surface area contributed by atoms with Crippen LogP contribution in [0, 0.1) is 4.77 Å². The van der Waals surface area contributed by atoms with Gasteiger partial charge in [0.15, 0.2) is 6.04 Å². The van der Waals surface area contributed by atoms with E-state index in [1.54, 1.807) is 0 Å². The molecule has 0 aliphatic rings. The molecule has 0 fully saturated rings. The van der Waals surface area contributed by atoms with E-state index >= 15 is 0 Å². The van der Waals surface area contributed by atoms with E-state index in [0.29, 0.717) is 6.42 Å². The van der Waals surface area contributed by atoms with Crippen molar-refractivity contribution in [3.8, 4) is 0 Å². The molecule has 1 aromatic heterocycles. The van der Waals surface area contributed by atoms with E-state index in [4.69, 9.17) is 17.3 Å². The maximum atomic E-state index is 11.1. The quantitative estimate of drug-likeness (QED) is 0.303. The van der Waals surface area contributed by atoms with E-state index in [1.165, 1.54) is 4.68 Å². The predicted molar refractivity (Wildman–Crippen MR) is 60.6 cm³/mol. The molecule has 6 nitrogen and oxygen atoms in total. The standard InChI is InChI=1S/C9H16N4O2S.2Na/c1-2-3-4-5-6-7(8(14)15)13-9(16)10-11-12-13;;/h7H,2-6H2,1H3,(H,14,15)(H,10,12,16);;/q;2*+1. The minimum Gasteiger partial charge on any atom is -0.480 e. The zero-order valence-electron chi connectivity index (χ0n) is 11.2. The van der Waals surface area contributed by atoms with Crippen LogP contribution in [0.25, 0.3) is 0 Å². The summed E-state index contributed by atoms with van der Waals surface area (Å²) in [5.74, 6) is -0.904. The molecule has 0 saturated carbocycles. The summed E-state index contributed by atoms with van der Waals surface area (Å²) >= 11 is 4.88. The van der Waals surface area contributed by atoms with Gasteiger partial charge in [-0.25, -0.2) is 9.48 Å². The summed E-state index contributed by atoms with van der Waals surface area (Å²) in [4.78, 5) is 11.1. The Kier molecular flexibility index (Phi) is 13.5. The van der Waals surface area contributed by atoms with Crippen LogP contribution in [-0.2, 0) is 4.79 Å². The minimum atomic E-state index is -0.904. The number of hydrogen-bond acceptors (Lipinski definition) is 4. The second-order valence-electron chi connectivity index (χ2n) is 3.66. The number of aromatic nitrogens is 4. The molecule has 0 amide bonds. The van der Waals surface area contributed by atoms with Gasteiger partial charge in [0.1, 0.15) is 0 Å². The normalized spacial score (nSPS) is 11.2. The van der Waals surface area contributed by atoms with E-state index in [9.17, 15) is 4.79 Å². The van der Waals surface area contributed by atoms with E-state index in [0.717, 1.165) is 25.7 Å². The molecular formula is C9H16N4Na2O2S+2. The van der Waals surface area contributed by atoms with Crippen molar-refractivity contribution in [1.29, 1.82) is 0 Å². The molecule has 1 rings (SSSR count). The first-order valence-electron chi connectivity index (χ1n) is 5.39. The van der Waals surface area contributed by atoms with Crippen molar-refractivity contribution in [3.05, 3.63) is 4.77 Å². The molecule has 9 heteroatoms. The summed E-state index contributed by atoms with van der Waals surface area (Å²) in [6.07, 6.45) is 4.70. The Morgan fingerprint density at radius 3 is 2.56 bits per heavy atom. The summed E-state index contributed by atoms with van der Waals surface area (Å²) in [7, 11) is 0. The van der Waals surface area contributed by atoms with Crippen molar-refractivity contribution in [2.24, 2.45) is 0 Å². The average molecular weight is 290 g/mol. The third-order valence-electron chi connectivity index (χ3n) is 2.42. The molecule has 18 heavy (non-hydrogen) atoms. The number of unbranched alkanes of at least 4 members (excludes halogenated alkanes) is 3. The number of rotatable bonds is 7. The SMILES string of the molecule is CCCCCCC(C(=O)O)n1[nH]nnc1=S.[Na+].[Na+]. The number of aromatic amines is 1. The molecule has 0 spiro atoms. The fourth-order valence-electron chi connectivity index (χ4n) is 1.53. The van der Waals surface area contributed by atoms with Crippen molar-refractivity contribution >= 4 is 18.2 Å². The number of nitrogens with one attached hydrogen (secondary N) is 1. The van der Waals surface area contributed by atoms with Crippen molar-refractivity contribution < 1.29 is 69.0 Å². The molecule has 1 atom stereocenters. The van der Waals surface area contributed by atoms with Crippen LogP contribution >= 0.6 is 12.2 Å². The fourth-order valence-corrected chi connectivity index (χ4v) is 1.74. The van der Waals surface area contributed by atoms with Crippen LogP contribution in [0.3, 0.4) is 0 Å². The van der Waals surface area contributed by atoms with Gasteiger partial charge in [-0.15, -0.1) is 0 Å². The Bertz CT molecular complexity index is 396. The van der Waals surface area contributed by atoms with Crippen LogP contribution < -0.4 is 59.1 Å². The molecule has 0 radical (unpaired) electrons. The Balaban J connectivity index is 0. The molecule has 0 aliphatic carbocycles. The smallest absolute Gasteiger partial charge is 0.480 e. The van der Waals surface area contributed by atoms with Crippen LogP contribution in [0.15, 0.2) is 0 Å². The van der Waals surface area contributed by atoms with Crippen molar-refractivity contribution in [3.63, 3.8) is 0 Å². The Morgan fingerprint density at radius 2 is 2.11 bits per heavy atom. The van der Waals surface area contributed by atoms with Gasteiger partial charge < -0.3 is 5.11 Å². The van der Waals surface area contributed by atoms with Gasteiger partial charge in [0.25, 0.3) is 0 Å². The van der Waals surface area contributed by atoms with E-state index in [1.807, 2.05) is 0 Å². The van der Waals surface area contributed by atoms with Crippen molar-refractivity contribution in [2.45, 2.75) is 45.1 Å². The Morgan fingerprint density at radius 1 is 1.44 bits per heavy atom. The van der Waals surface area contributed by atoms with Gasteiger partial charge in [-0.3, -0.25) is 0 Å². The van der Waals surface area contributed by atoms with Gasteiger partial charge in [0, 0.05) is 0 Å². The molecule has 0 bridgehead atoms. The molecule has 0 aromatic carbocycles. The second kappa shape index (κ2) is 11.6. The summed E-state index contributed by atoms with van der Waals surface area (Å²) < 4.78 is 1.51. The fraction of sp³-hybridized carbons (Fsp3) is 0.778. The van der Waals surface area contributed by atoms with Gasteiger partial charge in [-0.1, -0.05) is 42.9 Å². The maximum absolute atomic E-state index is 11.1.